The molecule has 5 nitrogen and oxygen atoms in total. The summed E-state index contributed by atoms with van der Waals surface area (Å²) in [5, 5.41) is 16.6. The van der Waals surface area contributed by atoms with Crippen LogP contribution in [0.25, 0.3) is 5.69 Å². The Morgan fingerprint density at radius 3 is 2.63 bits per heavy atom. The van der Waals surface area contributed by atoms with Gasteiger partial charge in [0.2, 0.25) is 0 Å². The maximum absolute atomic E-state index is 10.8. The van der Waals surface area contributed by atoms with Crippen LogP contribution in [0.1, 0.15) is 28.5 Å². The number of carbonyl (C=O) groups is 1. The van der Waals surface area contributed by atoms with Crippen molar-refractivity contribution in [2.24, 2.45) is 0 Å². The standard InChI is InChI=1S/C14H17N3O2/c1-3-15-8-12-9-17(16-10(12)2)13-6-4-11(5-7-13)14(18)19/h4-7,9,15H,3,8H2,1-2H3,(H,18,19). The van der Waals surface area contributed by atoms with Crippen molar-refractivity contribution in [2.75, 3.05) is 6.54 Å². The second-order valence-corrected chi connectivity index (χ2v) is 4.32. The van der Waals surface area contributed by atoms with Crippen molar-refractivity contribution in [1.29, 1.82) is 0 Å². The number of nitrogens with one attached hydrogen (secondary N) is 1. The van der Waals surface area contributed by atoms with E-state index >= 15 is 0 Å². The first-order valence-corrected chi connectivity index (χ1v) is 6.21. The maximum Gasteiger partial charge on any atom is 0.335 e. The summed E-state index contributed by atoms with van der Waals surface area (Å²) < 4.78 is 1.77. The van der Waals surface area contributed by atoms with Gasteiger partial charge in [0.15, 0.2) is 0 Å². The Morgan fingerprint density at radius 1 is 1.37 bits per heavy atom. The van der Waals surface area contributed by atoms with Crippen molar-refractivity contribution in [2.45, 2.75) is 20.4 Å². The molecule has 2 rings (SSSR count). The Morgan fingerprint density at radius 2 is 2.05 bits per heavy atom. The molecule has 0 radical (unpaired) electrons. The zero-order valence-electron chi connectivity index (χ0n) is 11.1. The van der Waals surface area contributed by atoms with E-state index in [4.69, 9.17) is 5.11 Å². The number of benzene rings is 1. The SMILES string of the molecule is CCNCc1cn(-c2ccc(C(=O)O)cc2)nc1C. The molecule has 1 aromatic heterocycles. The van der Waals surface area contributed by atoms with E-state index in [1.54, 1.807) is 28.9 Å². The van der Waals surface area contributed by atoms with Crippen LogP contribution in [-0.2, 0) is 6.54 Å². The molecule has 1 aromatic carbocycles. The topological polar surface area (TPSA) is 67.2 Å². The zero-order chi connectivity index (χ0) is 13.8. The van der Waals surface area contributed by atoms with Crippen molar-refractivity contribution < 1.29 is 9.90 Å². The number of carboxylic acids is 1. The first-order valence-electron chi connectivity index (χ1n) is 6.21. The second kappa shape index (κ2) is 5.67. The van der Waals surface area contributed by atoms with Crippen LogP contribution in [0.3, 0.4) is 0 Å². The molecule has 19 heavy (non-hydrogen) atoms. The van der Waals surface area contributed by atoms with E-state index in [0.717, 1.165) is 30.0 Å². The normalized spacial score (nSPS) is 10.6. The van der Waals surface area contributed by atoms with E-state index in [1.807, 2.05) is 13.1 Å². The zero-order valence-corrected chi connectivity index (χ0v) is 11.1. The Bertz CT molecular complexity index is 573. The predicted molar refractivity (Wildman–Crippen MR) is 72.6 cm³/mol. The minimum absolute atomic E-state index is 0.278. The molecule has 0 saturated heterocycles. The predicted octanol–water partition coefficient (Wildman–Crippen LogP) is 1.99. The van der Waals surface area contributed by atoms with Crippen LogP contribution in [0.2, 0.25) is 0 Å². The third kappa shape index (κ3) is 3.00. The summed E-state index contributed by atoms with van der Waals surface area (Å²) >= 11 is 0. The monoisotopic (exact) mass is 259 g/mol. The fourth-order valence-corrected chi connectivity index (χ4v) is 1.82. The average Bonchev–Trinajstić information content (AvgIpc) is 2.78. The van der Waals surface area contributed by atoms with Crippen LogP contribution in [0, 0.1) is 6.92 Å². The van der Waals surface area contributed by atoms with E-state index < -0.39 is 5.97 Å². The molecule has 0 saturated carbocycles. The van der Waals surface area contributed by atoms with Crippen LogP contribution in [0.15, 0.2) is 30.5 Å². The third-order valence-electron chi connectivity index (χ3n) is 2.94. The molecule has 0 aliphatic rings. The van der Waals surface area contributed by atoms with Crippen LogP contribution >= 0.6 is 0 Å². The molecule has 0 fully saturated rings. The van der Waals surface area contributed by atoms with Gasteiger partial charge in [-0.2, -0.15) is 5.10 Å². The lowest BCUT2D eigenvalue weighted by Gasteiger charge is -2.01. The molecule has 0 atom stereocenters. The molecule has 2 aromatic rings. The average molecular weight is 259 g/mol. The van der Waals surface area contributed by atoms with Gasteiger partial charge >= 0.3 is 5.97 Å². The van der Waals surface area contributed by atoms with E-state index in [-0.39, 0.29) is 5.56 Å². The number of nitrogens with zero attached hydrogens (tertiary/aromatic N) is 2. The highest BCUT2D eigenvalue weighted by atomic mass is 16.4. The van der Waals surface area contributed by atoms with Gasteiger partial charge in [0.1, 0.15) is 0 Å². The number of rotatable bonds is 5. The molecular formula is C14H17N3O2. The Balaban J connectivity index is 2.24. The van der Waals surface area contributed by atoms with Gasteiger partial charge < -0.3 is 10.4 Å². The summed E-state index contributed by atoms with van der Waals surface area (Å²) in [5.74, 6) is -0.920. The van der Waals surface area contributed by atoms with Gasteiger partial charge in [0.05, 0.1) is 16.9 Å². The van der Waals surface area contributed by atoms with Crippen LogP contribution in [0.4, 0.5) is 0 Å². The quantitative estimate of drug-likeness (QED) is 0.861. The molecule has 0 amide bonds. The van der Waals surface area contributed by atoms with Gasteiger partial charge in [-0.15, -0.1) is 0 Å². The largest absolute Gasteiger partial charge is 0.478 e. The van der Waals surface area contributed by atoms with Gasteiger partial charge in [0, 0.05) is 18.3 Å². The lowest BCUT2D eigenvalue weighted by atomic mass is 10.2. The maximum atomic E-state index is 10.8. The van der Waals surface area contributed by atoms with Crippen LogP contribution in [0.5, 0.6) is 0 Å². The molecule has 0 aliphatic carbocycles. The van der Waals surface area contributed by atoms with Crippen molar-refractivity contribution in [3.05, 3.63) is 47.3 Å². The summed E-state index contributed by atoms with van der Waals surface area (Å²) in [6.45, 7) is 5.73. The second-order valence-electron chi connectivity index (χ2n) is 4.32. The van der Waals surface area contributed by atoms with E-state index in [2.05, 4.69) is 17.3 Å². The fourth-order valence-electron chi connectivity index (χ4n) is 1.82. The third-order valence-corrected chi connectivity index (χ3v) is 2.94. The van der Waals surface area contributed by atoms with Gasteiger partial charge in [-0.3, -0.25) is 0 Å². The van der Waals surface area contributed by atoms with Gasteiger partial charge in [-0.05, 0) is 37.7 Å². The number of aromatic nitrogens is 2. The number of aromatic carboxylic acids is 1. The van der Waals surface area contributed by atoms with Gasteiger partial charge in [-0.1, -0.05) is 6.92 Å². The number of hydrogen-bond donors (Lipinski definition) is 2. The molecule has 2 N–H and O–H groups in total. The molecule has 0 aliphatic heterocycles. The van der Waals surface area contributed by atoms with E-state index in [1.165, 1.54) is 0 Å². The first-order chi connectivity index (χ1) is 9.11. The Kier molecular flexibility index (Phi) is 3.97. The minimum atomic E-state index is -0.920. The molecule has 1 heterocycles. The summed E-state index contributed by atoms with van der Waals surface area (Å²) in [6.07, 6.45) is 1.97. The molecule has 0 unspecified atom stereocenters. The fraction of sp³-hybridized carbons (Fsp3) is 0.286. The number of carboxylic acid groups (broad SMARTS) is 1. The molecule has 0 spiro atoms. The van der Waals surface area contributed by atoms with Gasteiger partial charge in [-0.25, -0.2) is 9.48 Å². The number of hydrogen-bond acceptors (Lipinski definition) is 3. The summed E-state index contributed by atoms with van der Waals surface area (Å²) in [5.41, 5.74) is 3.25. The van der Waals surface area contributed by atoms with Crippen molar-refractivity contribution >= 4 is 5.97 Å². The van der Waals surface area contributed by atoms with Crippen LogP contribution < -0.4 is 5.32 Å². The lowest BCUT2D eigenvalue weighted by molar-refractivity contribution is 0.0697. The molecular weight excluding hydrogens is 242 g/mol. The van der Waals surface area contributed by atoms with Crippen molar-refractivity contribution in [1.82, 2.24) is 15.1 Å². The smallest absolute Gasteiger partial charge is 0.335 e. The van der Waals surface area contributed by atoms with E-state index in [0.29, 0.717) is 0 Å². The van der Waals surface area contributed by atoms with E-state index in [9.17, 15) is 4.79 Å². The lowest BCUT2D eigenvalue weighted by Crippen LogP contribution is -2.11. The highest BCUT2D eigenvalue weighted by Crippen LogP contribution is 2.13. The minimum Gasteiger partial charge on any atom is -0.478 e. The molecule has 100 valence electrons. The van der Waals surface area contributed by atoms with Crippen molar-refractivity contribution in [3.63, 3.8) is 0 Å². The first kappa shape index (κ1) is 13.3. The molecule has 0 bridgehead atoms. The summed E-state index contributed by atoms with van der Waals surface area (Å²) in [7, 11) is 0. The summed E-state index contributed by atoms with van der Waals surface area (Å²) in [6, 6.07) is 6.68. The van der Waals surface area contributed by atoms with Gasteiger partial charge in [0.25, 0.3) is 0 Å². The Labute approximate surface area is 111 Å². The number of aryl methyl sites for hydroxylation is 1. The Hall–Kier alpha value is -2.14. The highest BCUT2D eigenvalue weighted by Gasteiger charge is 2.07. The van der Waals surface area contributed by atoms with Crippen LogP contribution in [-0.4, -0.2) is 27.4 Å². The highest BCUT2D eigenvalue weighted by molar-refractivity contribution is 5.87. The van der Waals surface area contributed by atoms with Crippen molar-refractivity contribution in [3.8, 4) is 5.69 Å². The summed E-state index contributed by atoms with van der Waals surface area (Å²) in [4.78, 5) is 10.8. The molecule has 5 heteroatoms.